The van der Waals surface area contributed by atoms with E-state index in [1.54, 1.807) is 0 Å². The number of nitrogens with two attached hydrogens (primary N) is 1. The van der Waals surface area contributed by atoms with Gasteiger partial charge in [-0.05, 0) is 31.7 Å². The first-order chi connectivity index (χ1) is 7.20. The van der Waals surface area contributed by atoms with Crippen molar-refractivity contribution in [2.45, 2.75) is 43.9 Å². The van der Waals surface area contributed by atoms with Crippen molar-refractivity contribution in [2.24, 2.45) is 11.7 Å². The highest BCUT2D eigenvalue weighted by Crippen LogP contribution is 2.40. The van der Waals surface area contributed by atoms with Crippen LogP contribution in [0.2, 0.25) is 0 Å². The lowest BCUT2D eigenvalue weighted by molar-refractivity contribution is 0.113. The Kier molecular flexibility index (Phi) is 3.63. The van der Waals surface area contributed by atoms with E-state index in [4.69, 9.17) is 5.73 Å². The Morgan fingerprint density at radius 2 is 2.20 bits per heavy atom. The zero-order valence-corrected chi connectivity index (χ0v) is 10.9. The Hall–Kier alpha value is 0.270. The molecule has 2 N–H and O–H groups in total. The van der Waals surface area contributed by atoms with E-state index >= 15 is 0 Å². The van der Waals surface area contributed by atoms with Gasteiger partial charge in [0.2, 0.25) is 0 Å². The molecule has 15 heavy (non-hydrogen) atoms. The summed E-state index contributed by atoms with van der Waals surface area (Å²) < 4.78 is 0. The summed E-state index contributed by atoms with van der Waals surface area (Å²) in [7, 11) is 0. The normalized spacial score (nSPS) is 36.4. The molecule has 0 spiro atoms. The van der Waals surface area contributed by atoms with Crippen molar-refractivity contribution in [2.75, 3.05) is 25.4 Å². The SMILES string of the molecule is CCN(CC1CC1)C1(CN)CSC(C)C1. The summed E-state index contributed by atoms with van der Waals surface area (Å²) in [6.07, 6.45) is 4.18. The fraction of sp³-hybridized carbons (Fsp3) is 1.00. The van der Waals surface area contributed by atoms with Crippen LogP contribution in [-0.4, -0.2) is 41.1 Å². The highest BCUT2D eigenvalue weighted by Gasteiger charge is 2.42. The number of likely N-dealkylation sites (N-methyl/N-ethyl adjacent to an activating group) is 1. The van der Waals surface area contributed by atoms with E-state index in [9.17, 15) is 0 Å². The summed E-state index contributed by atoms with van der Waals surface area (Å²) in [5, 5.41) is 0.793. The van der Waals surface area contributed by atoms with E-state index < -0.39 is 0 Å². The van der Waals surface area contributed by atoms with E-state index in [1.165, 1.54) is 38.1 Å². The second-order valence-electron chi connectivity index (χ2n) is 5.24. The van der Waals surface area contributed by atoms with Crippen molar-refractivity contribution in [3.63, 3.8) is 0 Å². The lowest BCUT2D eigenvalue weighted by atomic mass is 9.93. The molecule has 2 unspecified atom stereocenters. The second-order valence-corrected chi connectivity index (χ2v) is 6.66. The third-order valence-corrected chi connectivity index (χ3v) is 5.35. The van der Waals surface area contributed by atoms with E-state index in [1.807, 2.05) is 0 Å². The van der Waals surface area contributed by atoms with Crippen molar-refractivity contribution >= 4 is 11.8 Å². The van der Waals surface area contributed by atoms with Crippen molar-refractivity contribution in [3.8, 4) is 0 Å². The van der Waals surface area contributed by atoms with Crippen LogP contribution in [0.1, 0.15) is 33.1 Å². The minimum atomic E-state index is 0.321. The first-order valence-electron chi connectivity index (χ1n) is 6.27. The van der Waals surface area contributed by atoms with Crippen molar-refractivity contribution in [1.82, 2.24) is 4.90 Å². The van der Waals surface area contributed by atoms with Crippen LogP contribution in [0.5, 0.6) is 0 Å². The summed E-state index contributed by atoms with van der Waals surface area (Å²) in [6.45, 7) is 7.92. The third kappa shape index (κ3) is 2.51. The van der Waals surface area contributed by atoms with Crippen LogP contribution in [0.3, 0.4) is 0 Å². The Morgan fingerprint density at radius 1 is 1.47 bits per heavy atom. The Balaban J connectivity index is 2.01. The minimum Gasteiger partial charge on any atom is -0.329 e. The molecule has 3 heteroatoms. The number of hydrogen-bond acceptors (Lipinski definition) is 3. The van der Waals surface area contributed by atoms with E-state index in [-0.39, 0.29) is 0 Å². The summed E-state index contributed by atoms with van der Waals surface area (Å²) in [5.74, 6) is 2.22. The molecule has 2 atom stereocenters. The quantitative estimate of drug-likeness (QED) is 0.780. The van der Waals surface area contributed by atoms with E-state index in [0.717, 1.165) is 17.7 Å². The van der Waals surface area contributed by atoms with Crippen molar-refractivity contribution < 1.29 is 0 Å². The van der Waals surface area contributed by atoms with Gasteiger partial charge in [0, 0.05) is 29.6 Å². The van der Waals surface area contributed by atoms with Gasteiger partial charge in [-0.25, -0.2) is 0 Å². The standard InChI is InChI=1S/C12H24N2S/c1-3-14(7-11-4-5-11)12(8-13)6-10(2)15-9-12/h10-11H,3-9,13H2,1-2H3. The Labute approximate surface area is 98.0 Å². The van der Waals surface area contributed by atoms with E-state index in [0.29, 0.717) is 5.54 Å². The molecule has 1 aliphatic carbocycles. The molecular formula is C12H24N2S. The number of rotatable bonds is 5. The summed E-state index contributed by atoms with van der Waals surface area (Å²) in [5.41, 5.74) is 6.37. The topological polar surface area (TPSA) is 29.3 Å². The van der Waals surface area contributed by atoms with Crippen molar-refractivity contribution in [1.29, 1.82) is 0 Å². The highest BCUT2D eigenvalue weighted by atomic mass is 32.2. The Bertz CT molecular complexity index is 218. The molecule has 0 radical (unpaired) electrons. The van der Waals surface area contributed by atoms with Gasteiger partial charge in [-0.3, -0.25) is 4.90 Å². The highest BCUT2D eigenvalue weighted by molar-refractivity contribution is 8.00. The van der Waals surface area contributed by atoms with Crippen LogP contribution < -0.4 is 5.73 Å². The number of nitrogens with zero attached hydrogens (tertiary/aromatic N) is 1. The molecule has 2 aliphatic rings. The lowest BCUT2D eigenvalue weighted by Gasteiger charge is -2.40. The maximum absolute atomic E-state index is 6.05. The molecule has 1 heterocycles. The van der Waals surface area contributed by atoms with E-state index in [2.05, 4.69) is 30.5 Å². The monoisotopic (exact) mass is 228 g/mol. The summed E-state index contributed by atoms with van der Waals surface area (Å²) >= 11 is 2.10. The van der Waals surface area contributed by atoms with Gasteiger partial charge in [0.1, 0.15) is 0 Å². The van der Waals surface area contributed by atoms with Crippen LogP contribution in [0, 0.1) is 5.92 Å². The minimum absolute atomic E-state index is 0.321. The van der Waals surface area contributed by atoms with Gasteiger partial charge >= 0.3 is 0 Å². The first-order valence-corrected chi connectivity index (χ1v) is 7.32. The predicted molar refractivity (Wildman–Crippen MR) is 68.3 cm³/mol. The zero-order chi connectivity index (χ0) is 10.9. The van der Waals surface area contributed by atoms with Gasteiger partial charge in [-0.1, -0.05) is 13.8 Å². The number of hydrogen-bond donors (Lipinski definition) is 1. The molecule has 0 amide bonds. The average molecular weight is 228 g/mol. The lowest BCUT2D eigenvalue weighted by Crippen LogP contribution is -2.55. The molecule has 2 fully saturated rings. The molecule has 1 saturated heterocycles. The molecule has 0 bridgehead atoms. The summed E-state index contributed by atoms with van der Waals surface area (Å²) in [6, 6.07) is 0. The number of thioether (sulfide) groups is 1. The Morgan fingerprint density at radius 3 is 2.60 bits per heavy atom. The van der Waals surface area contributed by atoms with Crippen LogP contribution in [0.15, 0.2) is 0 Å². The molecule has 0 aromatic heterocycles. The molecule has 0 aromatic rings. The predicted octanol–water partition coefficient (Wildman–Crippen LogP) is 1.94. The van der Waals surface area contributed by atoms with Crippen LogP contribution in [0.4, 0.5) is 0 Å². The second kappa shape index (κ2) is 4.64. The van der Waals surface area contributed by atoms with Crippen LogP contribution >= 0.6 is 11.8 Å². The third-order valence-electron chi connectivity index (χ3n) is 3.91. The molecule has 2 rings (SSSR count). The van der Waals surface area contributed by atoms with Gasteiger partial charge in [0.05, 0.1) is 0 Å². The van der Waals surface area contributed by atoms with Gasteiger partial charge < -0.3 is 5.73 Å². The molecule has 0 aromatic carbocycles. The van der Waals surface area contributed by atoms with Crippen LogP contribution in [0.25, 0.3) is 0 Å². The molecular weight excluding hydrogens is 204 g/mol. The molecule has 1 saturated carbocycles. The zero-order valence-electron chi connectivity index (χ0n) is 10.0. The molecule has 1 aliphatic heterocycles. The first kappa shape index (κ1) is 11.7. The smallest absolute Gasteiger partial charge is 0.0432 e. The maximum atomic E-state index is 6.05. The molecule has 88 valence electrons. The maximum Gasteiger partial charge on any atom is 0.0432 e. The van der Waals surface area contributed by atoms with Gasteiger partial charge in [-0.15, -0.1) is 0 Å². The summed E-state index contributed by atoms with van der Waals surface area (Å²) in [4.78, 5) is 2.67. The van der Waals surface area contributed by atoms with Crippen molar-refractivity contribution in [3.05, 3.63) is 0 Å². The van der Waals surface area contributed by atoms with Crippen LogP contribution in [-0.2, 0) is 0 Å². The largest absolute Gasteiger partial charge is 0.329 e. The van der Waals surface area contributed by atoms with Gasteiger partial charge in [0.25, 0.3) is 0 Å². The fourth-order valence-electron chi connectivity index (χ4n) is 2.71. The van der Waals surface area contributed by atoms with Gasteiger partial charge in [-0.2, -0.15) is 11.8 Å². The fourth-order valence-corrected chi connectivity index (χ4v) is 4.15. The molecule has 2 nitrogen and oxygen atoms in total. The average Bonchev–Trinajstić information content (AvgIpc) is 2.98. The van der Waals surface area contributed by atoms with Gasteiger partial charge in [0.15, 0.2) is 0 Å².